The van der Waals surface area contributed by atoms with Gasteiger partial charge in [-0.1, -0.05) is 60.7 Å². The predicted octanol–water partition coefficient (Wildman–Crippen LogP) is 12.6. The molecule has 396 valence electrons. The molecule has 0 spiro atoms. The van der Waals surface area contributed by atoms with Crippen molar-refractivity contribution < 1.29 is 118 Å². The number of sulfone groups is 1. The molecule has 0 unspecified atom stereocenters. The first-order chi connectivity index (χ1) is 31.9. The van der Waals surface area contributed by atoms with Crippen molar-refractivity contribution in [2.75, 3.05) is 18.8 Å². The molecule has 3 nitrogen and oxygen atoms in total. The molecule has 0 aliphatic carbocycles. The Morgan fingerprint density at radius 2 is 0.542 bits per heavy atom. The summed E-state index contributed by atoms with van der Waals surface area (Å²) >= 11 is 0. The van der Waals surface area contributed by atoms with E-state index in [9.17, 15) is 118 Å². The van der Waals surface area contributed by atoms with E-state index in [1.807, 2.05) is 0 Å². The zero-order valence-corrected chi connectivity index (χ0v) is 37.3. The van der Waals surface area contributed by atoms with E-state index in [0.717, 1.165) is 5.56 Å². The van der Waals surface area contributed by atoms with Crippen molar-refractivity contribution in [1.29, 1.82) is 0 Å². The van der Waals surface area contributed by atoms with Gasteiger partial charge in [0.05, 0.1) is 59.3 Å². The molecule has 30 heteroatoms. The summed E-state index contributed by atoms with van der Waals surface area (Å²) in [5.41, 5.74) is -29.3. The van der Waals surface area contributed by atoms with Crippen LogP contribution in [0, 0.1) is 0 Å². The quantitative estimate of drug-likeness (QED) is 0.0927. The minimum Gasteiger partial charge on any atom is -0.224 e. The Morgan fingerprint density at radius 1 is 0.361 bits per heavy atom. The van der Waals surface area contributed by atoms with Gasteiger partial charge in [0.25, 0.3) is 0 Å². The summed E-state index contributed by atoms with van der Waals surface area (Å²) < 4.78 is 375. The molecular weight excluding hydrogens is 1080 g/mol. The Morgan fingerprint density at radius 3 is 0.681 bits per heavy atom. The molecule has 0 fully saturated rings. The fraction of sp³-hybridized carbons (Fsp3) is 0.286. The Labute approximate surface area is 391 Å². The maximum absolute atomic E-state index is 14.2. The summed E-state index contributed by atoms with van der Waals surface area (Å²) in [6.45, 7) is 0. The van der Waals surface area contributed by atoms with E-state index in [4.69, 9.17) is 0 Å². The smallest absolute Gasteiger partial charge is 0.224 e. The van der Waals surface area contributed by atoms with Crippen LogP contribution >= 0.6 is 0 Å². The summed E-state index contributed by atoms with van der Waals surface area (Å²) in [7, 11) is -4.96. The van der Waals surface area contributed by atoms with Gasteiger partial charge in [-0.2, -0.15) is 127 Å². The third kappa shape index (κ3) is 14.2. The molecule has 0 amide bonds. The second kappa shape index (κ2) is 19.1. The SMILES string of the molecule is CS(=O)(=O)c1ccc(C[S+](C)(C)=O)cc1.FC(F)(F)c1cc([B-](c2cc(C(F)(F)F)cc(C(F)(F)F)c2)(c2cc(C(F)(F)F)cc(C(F)(F)F)c2)c2cc(C(F)(F)F)cc(C(F)(F)F)c2)cc(C(F)(F)F)c1. The van der Waals surface area contributed by atoms with Crippen LogP contribution in [0.5, 0.6) is 0 Å². The van der Waals surface area contributed by atoms with Gasteiger partial charge in [0, 0.05) is 11.8 Å². The van der Waals surface area contributed by atoms with Crippen LogP contribution in [0.1, 0.15) is 50.1 Å². The number of hydrogen-bond donors (Lipinski definition) is 0. The topological polar surface area (TPSA) is 51.2 Å². The highest BCUT2D eigenvalue weighted by atomic mass is 32.2. The van der Waals surface area contributed by atoms with Crippen molar-refractivity contribution in [3.8, 4) is 0 Å². The van der Waals surface area contributed by atoms with E-state index in [2.05, 4.69) is 0 Å². The first-order valence-electron chi connectivity index (χ1n) is 19.0. The van der Waals surface area contributed by atoms with Gasteiger partial charge in [-0.25, -0.2) is 8.42 Å². The summed E-state index contributed by atoms with van der Waals surface area (Å²) in [6, 6.07) is -2.28. The molecule has 5 aromatic carbocycles. The fourth-order valence-corrected chi connectivity index (χ4v) is 8.93. The number of rotatable bonds is 7. The van der Waals surface area contributed by atoms with Crippen molar-refractivity contribution in [3.63, 3.8) is 0 Å². The molecule has 0 radical (unpaired) electrons. The Hall–Kier alpha value is -5.42. The zero-order valence-electron chi connectivity index (χ0n) is 35.6. The van der Waals surface area contributed by atoms with Crippen LogP contribution in [0.3, 0.4) is 0 Å². The van der Waals surface area contributed by atoms with Crippen LogP contribution < -0.4 is 21.9 Å². The minimum absolute atomic E-state index is 0.296. The highest BCUT2D eigenvalue weighted by Gasteiger charge is 2.47. The van der Waals surface area contributed by atoms with Gasteiger partial charge >= 0.3 is 49.4 Å². The predicted molar refractivity (Wildman–Crippen MR) is 213 cm³/mol. The molecule has 0 aliphatic rings. The van der Waals surface area contributed by atoms with Crippen LogP contribution in [0.25, 0.3) is 0 Å². The molecule has 72 heavy (non-hydrogen) atoms. The standard InChI is InChI=1S/C32H12BF24.C10H15O3S2/c34-25(35,36)13-1-14(26(37,38)39)6-21(5-13)33(22-7-15(27(40,41)42)2-16(8-22)28(43,44)45,23-9-17(29(46,47)48)3-18(10-23)30(49,50)51)24-11-19(31(52,53)54)4-20(12-24)32(55,56)57;1-14(2,11)8-9-4-6-10(7-5-9)15(3,12)13/h1-12H;4-7H,8H2,1-3H3/q-1;+1. The van der Waals surface area contributed by atoms with Gasteiger partial charge in [0.2, 0.25) is 0 Å². The highest BCUT2D eigenvalue weighted by Crippen LogP contribution is 2.41. The van der Waals surface area contributed by atoms with Crippen molar-refractivity contribution in [2.24, 2.45) is 0 Å². The van der Waals surface area contributed by atoms with E-state index in [-0.39, 0.29) is 0 Å². The monoisotopic (exact) mass is 1110 g/mol. The van der Waals surface area contributed by atoms with Crippen LogP contribution in [0.4, 0.5) is 105 Å². The average molecular weight is 1110 g/mol. The lowest BCUT2D eigenvalue weighted by atomic mass is 9.12. The molecule has 0 aliphatic heterocycles. The van der Waals surface area contributed by atoms with Gasteiger partial charge in [0.15, 0.2) is 9.84 Å². The van der Waals surface area contributed by atoms with Crippen LogP contribution in [-0.2, 0) is 79.1 Å². The van der Waals surface area contributed by atoms with Crippen molar-refractivity contribution in [1.82, 2.24) is 0 Å². The minimum atomic E-state index is -6.13. The number of benzene rings is 5. The first kappa shape index (κ1) is 59.1. The normalized spacial score (nSPS) is 14.0. The average Bonchev–Trinajstić information content (AvgIpc) is 3.17. The Balaban J connectivity index is 0.000000639. The largest absolute Gasteiger partial charge is 0.416 e. The van der Waals surface area contributed by atoms with Gasteiger partial charge in [-0.3, -0.25) is 0 Å². The molecular formula is C42H27BF24O3S2. The molecule has 0 saturated carbocycles. The van der Waals surface area contributed by atoms with Gasteiger partial charge in [-0.15, -0.1) is 4.21 Å². The summed E-state index contributed by atoms with van der Waals surface area (Å²) in [5.74, 6) is 0.483. The van der Waals surface area contributed by atoms with E-state index in [0.29, 0.717) is 10.6 Å². The van der Waals surface area contributed by atoms with Crippen molar-refractivity contribution >= 4 is 47.8 Å². The first-order valence-corrected chi connectivity index (χ1v) is 23.4. The molecule has 0 aromatic heterocycles. The molecule has 0 saturated heterocycles. The summed E-state index contributed by atoms with van der Waals surface area (Å²) in [5, 5.41) is 0. The van der Waals surface area contributed by atoms with Gasteiger partial charge in [0.1, 0.15) is 24.4 Å². The third-order valence-corrected chi connectivity index (χ3v) is 12.5. The summed E-state index contributed by atoms with van der Waals surface area (Å²) in [4.78, 5) is 0.296. The van der Waals surface area contributed by atoms with Crippen molar-refractivity contribution in [3.05, 3.63) is 147 Å². The van der Waals surface area contributed by atoms with E-state index in [1.165, 1.54) is 6.26 Å². The number of halogens is 24. The van der Waals surface area contributed by atoms with E-state index in [1.54, 1.807) is 36.8 Å². The molecule has 0 heterocycles. The third-order valence-electron chi connectivity index (χ3n) is 10.3. The van der Waals surface area contributed by atoms with Gasteiger partial charge in [-0.05, 0) is 36.4 Å². The lowest BCUT2D eigenvalue weighted by Crippen LogP contribution is -2.75. The molecule has 5 aromatic rings. The maximum atomic E-state index is 14.2. The molecule has 5 rings (SSSR count). The zero-order chi connectivity index (χ0) is 55.6. The van der Waals surface area contributed by atoms with Crippen LogP contribution in [0.2, 0.25) is 0 Å². The molecule has 0 N–H and O–H groups in total. The van der Waals surface area contributed by atoms with Gasteiger partial charge < -0.3 is 0 Å². The number of hydrogen-bond acceptors (Lipinski definition) is 3. The molecule has 0 atom stereocenters. The van der Waals surface area contributed by atoms with Crippen LogP contribution in [0.15, 0.2) is 102 Å². The lowest BCUT2D eigenvalue weighted by molar-refractivity contribution is -0.144. The summed E-state index contributed by atoms with van der Waals surface area (Å²) in [6.07, 6.45) is -50.3. The fourth-order valence-electron chi connectivity index (χ4n) is 7.30. The Kier molecular flexibility index (Phi) is 15.7. The Bertz CT molecular complexity index is 2510. The lowest BCUT2D eigenvalue weighted by Gasteiger charge is -2.46. The van der Waals surface area contributed by atoms with Crippen molar-refractivity contribution in [2.45, 2.75) is 60.1 Å². The van der Waals surface area contributed by atoms with E-state index >= 15 is 0 Å². The second-order valence-corrected chi connectivity index (χ2v) is 21.4. The second-order valence-electron chi connectivity index (χ2n) is 16.2. The molecule has 0 bridgehead atoms. The number of alkyl halides is 24. The maximum Gasteiger partial charge on any atom is 0.416 e. The highest BCUT2D eigenvalue weighted by molar-refractivity contribution is 8.00. The van der Waals surface area contributed by atoms with Crippen LogP contribution in [-0.4, -0.2) is 33.3 Å². The van der Waals surface area contributed by atoms with E-state index < -0.39 is 214 Å².